The van der Waals surface area contributed by atoms with Crippen molar-refractivity contribution in [2.24, 2.45) is 0 Å². The standard InChI is InChI=1S/3C3H8O.FH.Zr/c3*1-3(2)4;;/h3*3-4H,1-2H3;1H;/p-1. The summed E-state index contributed by atoms with van der Waals surface area (Å²) in [5.41, 5.74) is 0. The van der Waals surface area contributed by atoms with Gasteiger partial charge in [0.1, 0.15) is 0 Å². The van der Waals surface area contributed by atoms with Crippen LogP contribution in [0.1, 0.15) is 41.5 Å². The van der Waals surface area contributed by atoms with E-state index in [2.05, 4.69) is 0 Å². The van der Waals surface area contributed by atoms with Crippen molar-refractivity contribution in [3.8, 4) is 0 Å². The Bertz CT molecular complexity index is 48.5. The van der Waals surface area contributed by atoms with Crippen molar-refractivity contribution < 1.29 is 46.2 Å². The van der Waals surface area contributed by atoms with Crippen LogP contribution in [0.2, 0.25) is 0 Å². The van der Waals surface area contributed by atoms with Gasteiger partial charge in [-0.3, -0.25) is 0 Å². The first-order valence-electron chi connectivity index (χ1n) is 4.24. The molecule has 5 heteroatoms. The summed E-state index contributed by atoms with van der Waals surface area (Å²) in [7, 11) is 0. The third-order valence-corrected chi connectivity index (χ3v) is 0. The summed E-state index contributed by atoms with van der Waals surface area (Å²) in [6, 6.07) is 0. The maximum atomic E-state index is 8.06. The van der Waals surface area contributed by atoms with Gasteiger partial charge in [0, 0.05) is 44.5 Å². The SMILES string of the molecule is CC(C)O.CC(C)O.CC(C)O.[F-].[Zr]. The Hall–Kier alpha value is 0.693. The van der Waals surface area contributed by atoms with Crippen molar-refractivity contribution >= 4 is 0 Å². The number of aliphatic hydroxyl groups is 3. The molecule has 0 heterocycles. The molecule has 0 aliphatic carbocycles. The normalized spacial score (nSPS) is 7.71. The van der Waals surface area contributed by atoms with Gasteiger partial charge in [-0.15, -0.1) is 0 Å². The minimum absolute atomic E-state index is 0. The molecule has 0 amide bonds. The van der Waals surface area contributed by atoms with Crippen molar-refractivity contribution in [3.63, 3.8) is 0 Å². The van der Waals surface area contributed by atoms with Crippen LogP contribution in [0.25, 0.3) is 0 Å². The minimum atomic E-state index is -0.167. The molecule has 3 nitrogen and oxygen atoms in total. The van der Waals surface area contributed by atoms with E-state index in [1.807, 2.05) is 0 Å². The molecule has 0 bridgehead atoms. The third kappa shape index (κ3) is 3610. The second-order valence-electron chi connectivity index (χ2n) is 3.28. The molecule has 0 atom stereocenters. The van der Waals surface area contributed by atoms with Crippen LogP contribution in [0.3, 0.4) is 0 Å². The van der Waals surface area contributed by atoms with Gasteiger partial charge in [-0.1, -0.05) is 0 Å². The summed E-state index contributed by atoms with van der Waals surface area (Å²) in [5.74, 6) is 0. The van der Waals surface area contributed by atoms with E-state index in [0.717, 1.165) is 0 Å². The predicted octanol–water partition coefficient (Wildman–Crippen LogP) is -1.84. The van der Waals surface area contributed by atoms with Crippen molar-refractivity contribution in [3.05, 3.63) is 0 Å². The molecule has 0 fully saturated rings. The molecule has 0 aromatic heterocycles. The molecule has 0 spiro atoms. The zero-order valence-corrected chi connectivity index (χ0v) is 12.4. The van der Waals surface area contributed by atoms with E-state index in [0.29, 0.717) is 0 Å². The first-order chi connectivity index (χ1) is 5.20. The largest absolute Gasteiger partial charge is 1.00 e. The Labute approximate surface area is 106 Å². The molecule has 0 saturated carbocycles. The summed E-state index contributed by atoms with van der Waals surface area (Å²) >= 11 is 0. The molecular weight excluding hydrogens is 266 g/mol. The van der Waals surface area contributed by atoms with Crippen LogP contribution in [-0.2, 0) is 26.2 Å². The quantitative estimate of drug-likeness (QED) is 0.491. The number of rotatable bonds is 0. The number of hydrogen-bond donors (Lipinski definition) is 3. The number of hydrogen-bond acceptors (Lipinski definition) is 3. The fourth-order valence-electron chi connectivity index (χ4n) is 0. The van der Waals surface area contributed by atoms with Crippen molar-refractivity contribution in [2.45, 2.75) is 59.9 Å². The summed E-state index contributed by atoms with van der Waals surface area (Å²) < 4.78 is 0. The Balaban J connectivity index is -0.0000000270. The van der Waals surface area contributed by atoms with E-state index in [4.69, 9.17) is 15.3 Å². The van der Waals surface area contributed by atoms with Gasteiger partial charge in [-0.25, -0.2) is 0 Å². The smallest absolute Gasteiger partial charge is 0.0483 e. The molecule has 0 unspecified atom stereocenters. The Morgan fingerprint density at radius 1 is 0.571 bits per heavy atom. The van der Waals surface area contributed by atoms with Gasteiger partial charge in [0.2, 0.25) is 0 Å². The van der Waals surface area contributed by atoms with Gasteiger partial charge in [0.05, 0.1) is 0 Å². The average Bonchev–Trinajstić information content (AvgIpc) is 1.54. The topological polar surface area (TPSA) is 60.7 Å². The van der Waals surface area contributed by atoms with Crippen LogP contribution in [0, 0.1) is 0 Å². The van der Waals surface area contributed by atoms with E-state index in [1.165, 1.54) is 0 Å². The summed E-state index contributed by atoms with van der Waals surface area (Å²) in [5, 5.41) is 24.2. The average molecular weight is 291 g/mol. The van der Waals surface area contributed by atoms with Crippen LogP contribution >= 0.6 is 0 Å². The van der Waals surface area contributed by atoms with Crippen molar-refractivity contribution in [1.29, 1.82) is 0 Å². The molecule has 0 aromatic carbocycles. The maximum Gasteiger partial charge on any atom is 0.0483 e. The zero-order chi connectivity index (χ0) is 10.7. The predicted molar refractivity (Wildman–Crippen MR) is 52.1 cm³/mol. The van der Waals surface area contributed by atoms with E-state index in [9.17, 15) is 0 Å². The molecule has 3 N–H and O–H groups in total. The van der Waals surface area contributed by atoms with Crippen LogP contribution in [0.4, 0.5) is 0 Å². The van der Waals surface area contributed by atoms with Gasteiger partial charge in [-0.05, 0) is 41.5 Å². The first kappa shape index (κ1) is 29.3. The molecule has 0 saturated heterocycles. The van der Waals surface area contributed by atoms with E-state index in [-0.39, 0.29) is 49.2 Å². The fraction of sp³-hybridized carbons (Fsp3) is 1.00. The first-order valence-corrected chi connectivity index (χ1v) is 4.24. The third-order valence-electron chi connectivity index (χ3n) is 0. The molecule has 0 aromatic rings. The Morgan fingerprint density at radius 3 is 0.571 bits per heavy atom. The van der Waals surface area contributed by atoms with Crippen LogP contribution in [0.5, 0.6) is 0 Å². The maximum absolute atomic E-state index is 8.06. The molecule has 14 heavy (non-hydrogen) atoms. The molecule has 0 aliphatic rings. The van der Waals surface area contributed by atoms with Crippen LogP contribution in [0.15, 0.2) is 0 Å². The second kappa shape index (κ2) is 23.5. The molecular formula is C9H24FO3Zr-. The van der Waals surface area contributed by atoms with Gasteiger partial charge in [0.25, 0.3) is 0 Å². The van der Waals surface area contributed by atoms with Gasteiger partial charge >= 0.3 is 0 Å². The Kier molecular flexibility index (Phi) is 49.2. The molecule has 90 valence electrons. The van der Waals surface area contributed by atoms with Gasteiger partial charge in [0.15, 0.2) is 0 Å². The summed E-state index contributed by atoms with van der Waals surface area (Å²) in [4.78, 5) is 0. The molecule has 0 rings (SSSR count). The zero-order valence-electron chi connectivity index (χ0n) is 9.95. The Morgan fingerprint density at radius 2 is 0.571 bits per heavy atom. The number of halogens is 1. The molecule has 0 radical (unpaired) electrons. The fourth-order valence-corrected chi connectivity index (χ4v) is 0. The summed E-state index contributed by atoms with van der Waals surface area (Å²) in [6.45, 7) is 10.3. The van der Waals surface area contributed by atoms with E-state index >= 15 is 0 Å². The molecule has 0 aliphatic heterocycles. The monoisotopic (exact) mass is 289 g/mol. The second-order valence-corrected chi connectivity index (χ2v) is 3.28. The van der Waals surface area contributed by atoms with Crippen molar-refractivity contribution in [2.75, 3.05) is 0 Å². The van der Waals surface area contributed by atoms with E-state index in [1.54, 1.807) is 41.5 Å². The van der Waals surface area contributed by atoms with Crippen molar-refractivity contribution in [1.82, 2.24) is 0 Å². The van der Waals surface area contributed by atoms with E-state index < -0.39 is 0 Å². The summed E-state index contributed by atoms with van der Waals surface area (Å²) in [6.07, 6.45) is -0.500. The number of aliphatic hydroxyl groups excluding tert-OH is 3. The minimum Gasteiger partial charge on any atom is -1.00 e. The van der Waals surface area contributed by atoms with Gasteiger partial charge in [-0.2, -0.15) is 0 Å². The van der Waals surface area contributed by atoms with Crippen LogP contribution < -0.4 is 4.70 Å². The van der Waals surface area contributed by atoms with Crippen LogP contribution in [-0.4, -0.2) is 33.6 Å². The van der Waals surface area contributed by atoms with Gasteiger partial charge < -0.3 is 20.0 Å².